The molecular formula is C31H40N2O4Si. The highest BCUT2D eigenvalue weighted by atomic mass is 28.4. The summed E-state index contributed by atoms with van der Waals surface area (Å²) in [5.41, 5.74) is 1.06. The van der Waals surface area contributed by atoms with Gasteiger partial charge in [-0.15, -0.1) is 0 Å². The molecule has 0 unspecified atom stereocenters. The highest BCUT2D eigenvalue weighted by Crippen LogP contribution is 2.37. The summed E-state index contributed by atoms with van der Waals surface area (Å²) in [6.45, 7) is 7.88. The van der Waals surface area contributed by atoms with Crippen LogP contribution in [0.3, 0.4) is 0 Å². The minimum Gasteiger partial charge on any atom is -0.405 e. The Kier molecular flexibility index (Phi) is 9.18. The number of β-amino-alcohol motifs (C(OH)–C–C–N with tert-alkyl or cyclic N) is 1. The Labute approximate surface area is 227 Å². The van der Waals surface area contributed by atoms with Crippen molar-refractivity contribution >= 4 is 24.6 Å². The van der Waals surface area contributed by atoms with Crippen LogP contribution in [-0.2, 0) is 20.6 Å². The summed E-state index contributed by atoms with van der Waals surface area (Å²) in [4.78, 5) is 15.2. The fraction of sp³-hybridized carbons (Fsp3) is 0.387. The maximum Gasteiger partial charge on any atom is 0.261 e. The second-order valence-electron chi connectivity index (χ2n) is 11.1. The molecule has 0 radical (unpaired) electrons. The van der Waals surface area contributed by atoms with E-state index in [1.165, 1.54) is 0 Å². The maximum atomic E-state index is 13.3. The number of carbonyl (C=O) groups is 1. The van der Waals surface area contributed by atoms with Crippen molar-refractivity contribution < 1.29 is 19.1 Å². The molecule has 3 aromatic rings. The lowest BCUT2D eigenvalue weighted by Gasteiger charge is -2.44. The van der Waals surface area contributed by atoms with Crippen LogP contribution in [0.4, 0.5) is 0 Å². The van der Waals surface area contributed by atoms with Crippen molar-refractivity contribution in [3.05, 3.63) is 96.6 Å². The quantitative estimate of drug-likeness (QED) is 0.415. The van der Waals surface area contributed by atoms with Gasteiger partial charge in [-0.3, -0.25) is 9.69 Å². The third-order valence-corrected chi connectivity index (χ3v) is 12.4. The lowest BCUT2D eigenvalue weighted by Crippen LogP contribution is -2.67. The fourth-order valence-electron chi connectivity index (χ4n) is 5.32. The molecule has 1 aliphatic rings. The van der Waals surface area contributed by atoms with Gasteiger partial charge in [-0.05, 0) is 28.0 Å². The Balaban J connectivity index is 1.53. The summed E-state index contributed by atoms with van der Waals surface area (Å²) in [7, 11) is -0.943. The first-order valence-electron chi connectivity index (χ1n) is 13.3. The summed E-state index contributed by atoms with van der Waals surface area (Å²) in [6, 6.07) is 29.6. The van der Waals surface area contributed by atoms with Crippen LogP contribution in [0, 0.1) is 0 Å². The molecule has 7 heteroatoms. The van der Waals surface area contributed by atoms with Crippen LogP contribution in [0.2, 0.25) is 5.04 Å². The number of aliphatic hydroxyl groups excluding tert-OH is 1. The Bertz CT molecular complexity index is 1120. The van der Waals surface area contributed by atoms with Crippen molar-refractivity contribution in [1.29, 1.82) is 0 Å². The van der Waals surface area contributed by atoms with E-state index in [-0.39, 0.29) is 24.2 Å². The number of rotatable bonds is 9. The Morgan fingerprint density at radius 2 is 1.42 bits per heavy atom. The fourth-order valence-corrected chi connectivity index (χ4v) is 9.90. The average Bonchev–Trinajstić information content (AvgIpc) is 3.01. The van der Waals surface area contributed by atoms with Crippen molar-refractivity contribution in [3.63, 3.8) is 0 Å². The zero-order valence-corrected chi connectivity index (χ0v) is 23.8. The number of nitrogens with zero attached hydrogens (tertiary/aromatic N) is 1. The predicted octanol–water partition coefficient (Wildman–Crippen LogP) is 2.94. The molecule has 0 spiro atoms. The zero-order valence-electron chi connectivity index (χ0n) is 22.8. The minimum absolute atomic E-state index is 0.159. The molecule has 1 saturated heterocycles. The van der Waals surface area contributed by atoms with Crippen LogP contribution in [0.5, 0.6) is 0 Å². The van der Waals surface area contributed by atoms with Gasteiger partial charge >= 0.3 is 0 Å². The van der Waals surface area contributed by atoms with Crippen LogP contribution in [0.1, 0.15) is 26.3 Å². The molecule has 2 N–H and O–H groups in total. The minimum atomic E-state index is -2.79. The molecular weight excluding hydrogens is 492 g/mol. The first-order valence-corrected chi connectivity index (χ1v) is 15.2. The Hall–Kier alpha value is -2.81. The van der Waals surface area contributed by atoms with Crippen molar-refractivity contribution in [2.24, 2.45) is 0 Å². The Morgan fingerprint density at radius 3 is 1.95 bits per heavy atom. The zero-order chi connectivity index (χ0) is 27.2. The molecule has 3 aromatic carbocycles. The number of amides is 1. The molecule has 0 bridgehead atoms. The van der Waals surface area contributed by atoms with E-state index in [9.17, 15) is 9.90 Å². The van der Waals surface area contributed by atoms with Crippen molar-refractivity contribution in [1.82, 2.24) is 10.2 Å². The van der Waals surface area contributed by atoms with Gasteiger partial charge in [0.05, 0.1) is 32.0 Å². The van der Waals surface area contributed by atoms with E-state index in [1.54, 1.807) is 0 Å². The summed E-state index contributed by atoms with van der Waals surface area (Å²) < 4.78 is 12.9. The lowest BCUT2D eigenvalue weighted by atomic mass is 10.2. The summed E-state index contributed by atoms with van der Waals surface area (Å²) in [5.74, 6) is -0.159. The summed E-state index contributed by atoms with van der Waals surface area (Å²) in [5, 5.41) is 16.3. The third-order valence-electron chi connectivity index (χ3n) is 7.39. The molecule has 3 atom stereocenters. The van der Waals surface area contributed by atoms with Gasteiger partial charge in [0.2, 0.25) is 5.91 Å². The van der Waals surface area contributed by atoms with Crippen LogP contribution in [-0.4, -0.2) is 69.2 Å². The number of carbonyl (C=O) groups excluding carboxylic acids is 1. The average molecular weight is 533 g/mol. The second-order valence-corrected chi connectivity index (χ2v) is 15.4. The van der Waals surface area contributed by atoms with Gasteiger partial charge in [-0.1, -0.05) is 112 Å². The van der Waals surface area contributed by atoms with Crippen molar-refractivity contribution in [2.45, 2.75) is 50.6 Å². The largest absolute Gasteiger partial charge is 0.405 e. The number of ether oxygens (including phenoxy) is 1. The highest BCUT2D eigenvalue weighted by Gasteiger charge is 2.51. The summed E-state index contributed by atoms with van der Waals surface area (Å²) >= 11 is 0. The van der Waals surface area contributed by atoms with Crippen molar-refractivity contribution in [2.75, 3.05) is 26.8 Å². The second kappa shape index (κ2) is 12.4. The van der Waals surface area contributed by atoms with Crippen LogP contribution < -0.4 is 15.7 Å². The smallest absolute Gasteiger partial charge is 0.261 e. The van der Waals surface area contributed by atoms with E-state index in [4.69, 9.17) is 9.16 Å². The van der Waals surface area contributed by atoms with E-state index >= 15 is 0 Å². The van der Waals surface area contributed by atoms with Gasteiger partial charge in [0.25, 0.3) is 8.32 Å². The molecule has 1 amide bonds. The van der Waals surface area contributed by atoms with Crippen molar-refractivity contribution in [3.8, 4) is 0 Å². The molecule has 38 heavy (non-hydrogen) atoms. The molecule has 0 aromatic heterocycles. The number of likely N-dealkylation sites (N-methyl/N-ethyl adjacent to an activating group) is 1. The number of aliphatic hydroxyl groups is 1. The monoisotopic (exact) mass is 532 g/mol. The van der Waals surface area contributed by atoms with E-state index in [0.29, 0.717) is 13.2 Å². The molecule has 4 rings (SSSR count). The first kappa shape index (κ1) is 28.2. The molecule has 0 saturated carbocycles. The predicted molar refractivity (Wildman–Crippen MR) is 154 cm³/mol. The van der Waals surface area contributed by atoms with Gasteiger partial charge in [-0.2, -0.15) is 0 Å². The van der Waals surface area contributed by atoms with Gasteiger partial charge in [-0.25, -0.2) is 0 Å². The van der Waals surface area contributed by atoms with Gasteiger partial charge in [0.15, 0.2) is 0 Å². The third kappa shape index (κ3) is 6.25. The molecule has 1 fully saturated rings. The first-order chi connectivity index (χ1) is 18.2. The SMILES string of the molecule is CN1C[C@H](O)[C@@H](CO[Si](c2ccccc2)(c2ccccc2)C(C)(C)C)NC(=O)[C@@H]1COCc1ccccc1. The topological polar surface area (TPSA) is 71.0 Å². The molecule has 1 aliphatic heterocycles. The molecule has 0 aliphatic carbocycles. The van der Waals surface area contributed by atoms with Gasteiger partial charge in [0.1, 0.15) is 6.04 Å². The molecule has 1 heterocycles. The number of hydrogen-bond acceptors (Lipinski definition) is 5. The molecule has 6 nitrogen and oxygen atoms in total. The Morgan fingerprint density at radius 1 is 0.895 bits per heavy atom. The maximum absolute atomic E-state index is 13.3. The van der Waals surface area contributed by atoms with Gasteiger partial charge in [0, 0.05) is 6.54 Å². The van der Waals surface area contributed by atoms with Gasteiger partial charge < -0.3 is 19.6 Å². The number of nitrogens with one attached hydrogen (secondary N) is 1. The van der Waals surface area contributed by atoms with Crippen LogP contribution in [0.25, 0.3) is 0 Å². The molecule has 202 valence electrons. The lowest BCUT2D eigenvalue weighted by molar-refractivity contribution is -0.128. The highest BCUT2D eigenvalue weighted by molar-refractivity contribution is 6.99. The standard InChI is InChI=1S/C31H40N2O4Si/c1-31(2,3)38(25-16-10-6-11-17-25,26-18-12-7-13-19-26)37-22-27-29(34)20-33(4)28(30(35)32-27)23-36-21-24-14-8-5-9-15-24/h5-19,27-29,34H,20-23H2,1-4H3,(H,32,35)/t27-,28+,29+/m1/s1. The van der Waals surface area contributed by atoms with Crippen LogP contribution >= 0.6 is 0 Å². The normalized spacial score (nSPS) is 21.1. The number of benzene rings is 3. The van der Waals surface area contributed by atoms with E-state index in [1.807, 2.05) is 78.7 Å². The van der Waals surface area contributed by atoms with E-state index in [2.05, 4.69) is 50.4 Å². The van der Waals surface area contributed by atoms with E-state index in [0.717, 1.165) is 15.9 Å². The van der Waals surface area contributed by atoms with E-state index < -0.39 is 26.5 Å². The van der Waals surface area contributed by atoms with Crippen LogP contribution in [0.15, 0.2) is 91.0 Å². The summed E-state index contributed by atoms with van der Waals surface area (Å²) in [6.07, 6.45) is -0.777. The number of hydrogen-bond donors (Lipinski definition) is 2.